The Balaban J connectivity index is 1.84. The van der Waals surface area contributed by atoms with Crippen molar-refractivity contribution in [3.05, 3.63) is 63.9 Å². The van der Waals surface area contributed by atoms with Gasteiger partial charge in [-0.15, -0.1) is 0 Å². The molecule has 0 saturated carbocycles. The molecule has 0 amide bonds. The second kappa shape index (κ2) is 5.22. The molecule has 98 valence electrons. The molecule has 0 aliphatic carbocycles. The van der Waals surface area contributed by atoms with Crippen LogP contribution in [0.4, 0.5) is 10.1 Å². The number of benzene rings is 2. The molecule has 1 N–H and O–H groups in total. The number of fused-ring (bicyclic) bond motifs is 1. The molecule has 19 heavy (non-hydrogen) atoms. The maximum Gasteiger partial charge on any atom is 0.141 e. The average molecular weight is 276 g/mol. The second-order valence-corrected chi connectivity index (χ2v) is 5.35. The van der Waals surface area contributed by atoms with Crippen LogP contribution >= 0.6 is 11.6 Å². The summed E-state index contributed by atoms with van der Waals surface area (Å²) in [5.41, 5.74) is 4.89. The normalized spacial score (nSPS) is 13.8. The highest BCUT2D eigenvalue weighted by Crippen LogP contribution is 2.25. The lowest BCUT2D eigenvalue weighted by Crippen LogP contribution is -2.11. The fourth-order valence-electron chi connectivity index (χ4n) is 2.52. The van der Waals surface area contributed by atoms with Crippen LogP contribution in [0, 0.1) is 5.82 Å². The Bertz CT molecular complexity index is 610. The van der Waals surface area contributed by atoms with Crippen molar-refractivity contribution in [1.82, 2.24) is 0 Å². The van der Waals surface area contributed by atoms with Gasteiger partial charge < -0.3 is 5.32 Å². The maximum absolute atomic E-state index is 13.1. The predicted octanol–water partition coefficient (Wildman–Crippen LogP) is 4.43. The van der Waals surface area contributed by atoms with Gasteiger partial charge in [0.2, 0.25) is 0 Å². The topological polar surface area (TPSA) is 12.0 Å². The van der Waals surface area contributed by atoms with Gasteiger partial charge in [0.1, 0.15) is 5.82 Å². The molecular formula is C16H15ClFN. The standard InChI is InChI=1S/C16H15ClFN/c17-14-10-12(3-5-15(14)18)8-11-4-6-16-13(9-11)2-1-7-19-16/h3-6,9-10,19H,1-2,7-8H2. The zero-order chi connectivity index (χ0) is 13.2. The molecule has 1 heterocycles. The maximum atomic E-state index is 13.1. The Morgan fingerprint density at radius 2 is 1.89 bits per heavy atom. The smallest absolute Gasteiger partial charge is 0.141 e. The third kappa shape index (κ3) is 2.74. The van der Waals surface area contributed by atoms with E-state index in [9.17, 15) is 4.39 Å². The summed E-state index contributed by atoms with van der Waals surface area (Å²) in [5.74, 6) is -0.361. The van der Waals surface area contributed by atoms with Crippen molar-refractivity contribution in [1.29, 1.82) is 0 Å². The van der Waals surface area contributed by atoms with Gasteiger partial charge in [-0.05, 0) is 54.2 Å². The van der Waals surface area contributed by atoms with E-state index in [-0.39, 0.29) is 10.8 Å². The van der Waals surface area contributed by atoms with E-state index in [1.165, 1.54) is 29.3 Å². The zero-order valence-corrected chi connectivity index (χ0v) is 11.3. The summed E-state index contributed by atoms with van der Waals surface area (Å²) < 4.78 is 13.1. The van der Waals surface area contributed by atoms with Crippen molar-refractivity contribution >= 4 is 17.3 Å². The third-order valence-corrected chi connectivity index (χ3v) is 3.79. The quantitative estimate of drug-likeness (QED) is 0.855. The van der Waals surface area contributed by atoms with Gasteiger partial charge in [-0.25, -0.2) is 4.39 Å². The number of nitrogens with one attached hydrogen (secondary N) is 1. The fourth-order valence-corrected chi connectivity index (χ4v) is 2.73. The van der Waals surface area contributed by atoms with Crippen LogP contribution in [0.3, 0.4) is 0 Å². The summed E-state index contributed by atoms with van der Waals surface area (Å²) >= 11 is 5.81. The molecule has 3 heteroatoms. The van der Waals surface area contributed by atoms with Gasteiger partial charge in [-0.1, -0.05) is 29.8 Å². The molecule has 2 aromatic carbocycles. The Morgan fingerprint density at radius 1 is 1.11 bits per heavy atom. The number of rotatable bonds is 2. The average Bonchev–Trinajstić information content (AvgIpc) is 2.43. The van der Waals surface area contributed by atoms with E-state index in [0.29, 0.717) is 0 Å². The summed E-state index contributed by atoms with van der Waals surface area (Å²) in [6.45, 7) is 1.06. The second-order valence-electron chi connectivity index (χ2n) is 4.95. The van der Waals surface area contributed by atoms with E-state index >= 15 is 0 Å². The minimum Gasteiger partial charge on any atom is -0.385 e. The Hall–Kier alpha value is -1.54. The molecule has 0 unspecified atom stereocenters. The Morgan fingerprint density at radius 3 is 2.74 bits per heavy atom. The van der Waals surface area contributed by atoms with Gasteiger partial charge in [-0.2, -0.15) is 0 Å². The van der Waals surface area contributed by atoms with Crippen molar-refractivity contribution in [3.8, 4) is 0 Å². The molecule has 0 radical (unpaired) electrons. The molecule has 0 bridgehead atoms. The highest BCUT2D eigenvalue weighted by atomic mass is 35.5. The minimum absolute atomic E-state index is 0.192. The van der Waals surface area contributed by atoms with Crippen LogP contribution in [0.1, 0.15) is 23.1 Å². The van der Waals surface area contributed by atoms with E-state index < -0.39 is 0 Å². The largest absolute Gasteiger partial charge is 0.385 e. The summed E-state index contributed by atoms with van der Waals surface area (Å²) in [6, 6.07) is 11.4. The lowest BCUT2D eigenvalue weighted by atomic mass is 9.97. The van der Waals surface area contributed by atoms with Gasteiger partial charge >= 0.3 is 0 Å². The molecule has 3 rings (SSSR count). The molecule has 2 aromatic rings. The van der Waals surface area contributed by atoms with Crippen LogP contribution in [0.25, 0.3) is 0 Å². The van der Waals surface area contributed by atoms with Crippen molar-refractivity contribution in [2.75, 3.05) is 11.9 Å². The predicted molar refractivity (Wildman–Crippen MR) is 77.5 cm³/mol. The molecule has 0 saturated heterocycles. The van der Waals surface area contributed by atoms with Gasteiger partial charge in [0.05, 0.1) is 5.02 Å². The summed E-state index contributed by atoms with van der Waals surface area (Å²) in [7, 11) is 0. The van der Waals surface area contributed by atoms with Crippen molar-refractivity contribution < 1.29 is 4.39 Å². The number of hydrogen-bond acceptors (Lipinski definition) is 1. The lowest BCUT2D eigenvalue weighted by Gasteiger charge is -2.18. The Labute approximate surface area is 117 Å². The molecule has 0 aromatic heterocycles. The van der Waals surface area contributed by atoms with E-state index in [0.717, 1.165) is 24.9 Å². The number of aryl methyl sites for hydroxylation is 1. The van der Waals surface area contributed by atoms with E-state index in [1.807, 2.05) is 0 Å². The first-order valence-electron chi connectivity index (χ1n) is 6.52. The van der Waals surface area contributed by atoms with Gasteiger partial charge in [0, 0.05) is 12.2 Å². The van der Waals surface area contributed by atoms with Crippen LogP contribution in [-0.4, -0.2) is 6.54 Å². The number of hydrogen-bond donors (Lipinski definition) is 1. The molecular weight excluding hydrogens is 261 g/mol. The van der Waals surface area contributed by atoms with Gasteiger partial charge in [0.15, 0.2) is 0 Å². The molecule has 1 aliphatic rings. The molecule has 0 spiro atoms. The SMILES string of the molecule is Fc1ccc(Cc2ccc3c(c2)CCCN3)cc1Cl. The molecule has 0 fully saturated rings. The van der Waals surface area contributed by atoms with Gasteiger partial charge in [-0.3, -0.25) is 0 Å². The van der Waals surface area contributed by atoms with Crippen LogP contribution in [0.2, 0.25) is 5.02 Å². The number of anilines is 1. The first-order valence-corrected chi connectivity index (χ1v) is 6.90. The number of halogens is 2. The highest BCUT2D eigenvalue weighted by molar-refractivity contribution is 6.30. The van der Waals surface area contributed by atoms with Crippen molar-refractivity contribution in [2.45, 2.75) is 19.3 Å². The Kier molecular flexibility index (Phi) is 3.43. The summed E-state index contributed by atoms with van der Waals surface area (Å²) in [5, 5.41) is 3.59. The first-order chi connectivity index (χ1) is 9.22. The van der Waals surface area contributed by atoms with Crippen molar-refractivity contribution in [3.63, 3.8) is 0 Å². The van der Waals surface area contributed by atoms with Crippen molar-refractivity contribution in [2.24, 2.45) is 0 Å². The monoisotopic (exact) mass is 275 g/mol. The minimum atomic E-state index is -0.361. The third-order valence-electron chi connectivity index (χ3n) is 3.50. The zero-order valence-electron chi connectivity index (χ0n) is 10.5. The van der Waals surface area contributed by atoms with Crippen LogP contribution < -0.4 is 5.32 Å². The summed E-state index contributed by atoms with van der Waals surface area (Å²) in [6.07, 6.45) is 3.09. The fraction of sp³-hybridized carbons (Fsp3) is 0.250. The van der Waals surface area contributed by atoms with Gasteiger partial charge in [0.25, 0.3) is 0 Å². The molecule has 1 nitrogen and oxygen atoms in total. The van der Waals surface area contributed by atoms with E-state index in [4.69, 9.17) is 11.6 Å². The van der Waals surface area contributed by atoms with E-state index in [1.54, 1.807) is 12.1 Å². The first kappa shape index (κ1) is 12.5. The van der Waals surface area contributed by atoms with E-state index in [2.05, 4.69) is 23.5 Å². The van der Waals surface area contributed by atoms with Crippen LogP contribution in [0.15, 0.2) is 36.4 Å². The molecule has 0 atom stereocenters. The summed E-state index contributed by atoms with van der Waals surface area (Å²) in [4.78, 5) is 0. The van der Waals surface area contributed by atoms with Crippen LogP contribution in [-0.2, 0) is 12.8 Å². The lowest BCUT2D eigenvalue weighted by molar-refractivity contribution is 0.627. The van der Waals surface area contributed by atoms with Crippen LogP contribution in [0.5, 0.6) is 0 Å². The highest BCUT2D eigenvalue weighted by Gasteiger charge is 2.09. The molecule has 1 aliphatic heterocycles.